The summed E-state index contributed by atoms with van der Waals surface area (Å²) in [5.74, 6) is 1.11. The van der Waals surface area contributed by atoms with Gasteiger partial charge in [-0.2, -0.15) is 4.98 Å². The lowest BCUT2D eigenvalue weighted by molar-refractivity contribution is -0.122. The Bertz CT molecular complexity index is 1130. The van der Waals surface area contributed by atoms with Gasteiger partial charge in [-0.1, -0.05) is 29.3 Å². The van der Waals surface area contributed by atoms with Gasteiger partial charge in [0.25, 0.3) is 0 Å². The van der Waals surface area contributed by atoms with E-state index in [4.69, 9.17) is 4.52 Å². The molecule has 7 nitrogen and oxygen atoms in total. The quantitative estimate of drug-likeness (QED) is 0.628. The summed E-state index contributed by atoms with van der Waals surface area (Å²) in [4.78, 5) is 33.5. The molecule has 5 rings (SSSR count). The van der Waals surface area contributed by atoms with Crippen molar-refractivity contribution in [2.24, 2.45) is 5.92 Å². The number of anilines is 2. The van der Waals surface area contributed by atoms with Gasteiger partial charge in [-0.3, -0.25) is 9.59 Å². The molecule has 1 saturated heterocycles. The molecule has 2 aromatic heterocycles. The average Bonchev–Trinajstić information content (AvgIpc) is 3.41. The second-order valence-corrected chi connectivity index (χ2v) is 9.65. The highest BCUT2D eigenvalue weighted by atomic mass is 32.1. The van der Waals surface area contributed by atoms with Crippen LogP contribution in [0.15, 0.2) is 34.9 Å². The van der Waals surface area contributed by atoms with Gasteiger partial charge in [-0.25, -0.2) is 0 Å². The summed E-state index contributed by atoms with van der Waals surface area (Å²) in [6, 6.07) is 9.68. The van der Waals surface area contributed by atoms with Crippen molar-refractivity contribution in [1.29, 1.82) is 0 Å². The van der Waals surface area contributed by atoms with Crippen molar-refractivity contribution >= 4 is 34.5 Å². The molecule has 1 aromatic carbocycles. The Morgan fingerprint density at radius 3 is 2.71 bits per heavy atom. The van der Waals surface area contributed by atoms with Crippen LogP contribution >= 0.6 is 11.3 Å². The molecule has 2 aliphatic rings. The number of thiophene rings is 1. The van der Waals surface area contributed by atoms with Gasteiger partial charge in [0.15, 0.2) is 0 Å². The summed E-state index contributed by atoms with van der Waals surface area (Å²) in [6.07, 6.45) is 3.63. The molecule has 0 radical (unpaired) electrons. The minimum atomic E-state index is -0.382. The van der Waals surface area contributed by atoms with Crippen LogP contribution in [0.2, 0.25) is 0 Å². The Hall–Kier alpha value is -3.00. The van der Waals surface area contributed by atoms with Gasteiger partial charge in [0.1, 0.15) is 0 Å². The van der Waals surface area contributed by atoms with E-state index in [-0.39, 0.29) is 24.2 Å². The van der Waals surface area contributed by atoms with Crippen molar-refractivity contribution in [3.63, 3.8) is 0 Å². The number of aryl methyl sites for hydroxylation is 2. The van der Waals surface area contributed by atoms with Gasteiger partial charge < -0.3 is 14.7 Å². The fourth-order valence-electron chi connectivity index (χ4n) is 3.96. The van der Waals surface area contributed by atoms with Gasteiger partial charge in [-0.15, -0.1) is 11.3 Å². The normalized spacial score (nSPS) is 19.0. The first-order chi connectivity index (χ1) is 15.0. The highest BCUT2D eigenvalue weighted by Crippen LogP contribution is 2.38. The summed E-state index contributed by atoms with van der Waals surface area (Å²) < 4.78 is 5.42. The molecular formula is C23H24N4O3S. The van der Waals surface area contributed by atoms with Gasteiger partial charge in [0, 0.05) is 29.4 Å². The van der Waals surface area contributed by atoms with E-state index in [2.05, 4.69) is 15.5 Å². The Morgan fingerprint density at radius 2 is 2.00 bits per heavy atom. The molecule has 160 valence electrons. The second-order valence-electron chi connectivity index (χ2n) is 8.39. The summed E-state index contributed by atoms with van der Waals surface area (Å²) in [5, 5.41) is 7.12. The largest absolute Gasteiger partial charge is 0.339 e. The molecule has 31 heavy (non-hydrogen) atoms. The molecule has 1 unspecified atom stereocenters. The van der Waals surface area contributed by atoms with E-state index in [1.807, 2.05) is 44.2 Å². The maximum atomic E-state index is 12.9. The van der Waals surface area contributed by atoms with Crippen molar-refractivity contribution in [2.75, 3.05) is 16.8 Å². The lowest BCUT2D eigenvalue weighted by atomic mass is 9.85. The van der Waals surface area contributed by atoms with Crippen molar-refractivity contribution in [2.45, 2.75) is 45.4 Å². The van der Waals surface area contributed by atoms with Gasteiger partial charge in [-0.05, 0) is 44.9 Å². The summed E-state index contributed by atoms with van der Waals surface area (Å²) in [6.45, 7) is 4.35. The third-order valence-corrected chi connectivity index (χ3v) is 7.18. The van der Waals surface area contributed by atoms with Crippen molar-refractivity contribution in [1.82, 2.24) is 10.1 Å². The van der Waals surface area contributed by atoms with Crippen LogP contribution in [0.4, 0.5) is 11.4 Å². The topological polar surface area (TPSA) is 88.3 Å². The molecular weight excluding hydrogens is 412 g/mol. The SMILES string of the molecule is Cc1ccc(N2CC(C(=O)Nc3cc(-c4noc(C5CCC5)n4)sc3C)CC2=O)cc1. The summed E-state index contributed by atoms with van der Waals surface area (Å²) in [5.41, 5.74) is 2.70. The minimum Gasteiger partial charge on any atom is -0.339 e. The standard InChI is InChI=1S/C23H24N4O3S/c1-13-6-8-17(9-7-13)27-12-16(10-20(27)28)22(29)24-18-11-19(31-14(18)2)21-25-23(30-26-21)15-4-3-5-15/h6-9,11,15-16H,3-5,10,12H2,1-2H3,(H,24,29). The average molecular weight is 437 g/mol. The smallest absolute Gasteiger partial charge is 0.230 e. The molecule has 3 heterocycles. The number of aromatic nitrogens is 2. The lowest BCUT2D eigenvalue weighted by Crippen LogP contribution is -2.28. The summed E-state index contributed by atoms with van der Waals surface area (Å²) in [7, 11) is 0. The number of amides is 2. The van der Waals surface area contributed by atoms with Crippen LogP contribution in [0.3, 0.4) is 0 Å². The van der Waals surface area contributed by atoms with Gasteiger partial charge in [0.05, 0.1) is 16.5 Å². The third kappa shape index (κ3) is 3.87. The molecule has 1 saturated carbocycles. The molecule has 1 N–H and O–H groups in total. The zero-order valence-corrected chi connectivity index (χ0v) is 18.4. The van der Waals surface area contributed by atoms with E-state index in [9.17, 15) is 9.59 Å². The third-order valence-electron chi connectivity index (χ3n) is 6.13. The first-order valence-corrected chi connectivity index (χ1v) is 11.4. The molecule has 1 aliphatic carbocycles. The highest BCUT2D eigenvalue weighted by molar-refractivity contribution is 7.16. The fraction of sp³-hybridized carbons (Fsp3) is 0.391. The number of benzene rings is 1. The monoisotopic (exact) mass is 436 g/mol. The number of carbonyl (C=O) groups is 2. The molecule has 2 amide bonds. The Balaban J connectivity index is 1.27. The van der Waals surface area contributed by atoms with E-state index in [0.717, 1.165) is 39.5 Å². The zero-order valence-electron chi connectivity index (χ0n) is 17.6. The predicted molar refractivity (Wildman–Crippen MR) is 119 cm³/mol. The number of hydrogen-bond donors (Lipinski definition) is 1. The highest BCUT2D eigenvalue weighted by Gasteiger charge is 2.35. The zero-order chi connectivity index (χ0) is 21.5. The van der Waals surface area contributed by atoms with Crippen molar-refractivity contribution < 1.29 is 14.1 Å². The van der Waals surface area contributed by atoms with Crippen LogP contribution in [0.25, 0.3) is 10.7 Å². The van der Waals surface area contributed by atoms with Crippen LogP contribution in [0.5, 0.6) is 0 Å². The molecule has 3 aromatic rings. The van der Waals surface area contributed by atoms with Crippen molar-refractivity contribution in [3.05, 3.63) is 46.7 Å². The number of hydrogen-bond acceptors (Lipinski definition) is 6. The first-order valence-electron chi connectivity index (χ1n) is 10.6. The molecule has 1 atom stereocenters. The molecule has 2 fully saturated rings. The minimum absolute atomic E-state index is 0.0259. The molecule has 8 heteroatoms. The summed E-state index contributed by atoms with van der Waals surface area (Å²) >= 11 is 1.52. The number of carbonyl (C=O) groups excluding carboxylic acids is 2. The van der Waals surface area contributed by atoms with Crippen molar-refractivity contribution in [3.8, 4) is 10.7 Å². The maximum absolute atomic E-state index is 12.9. The van der Waals surface area contributed by atoms with E-state index >= 15 is 0 Å². The Kier molecular flexibility index (Phi) is 5.09. The van der Waals surface area contributed by atoms with Gasteiger partial charge >= 0.3 is 0 Å². The first kappa shape index (κ1) is 19.9. The lowest BCUT2D eigenvalue weighted by Gasteiger charge is -2.20. The van der Waals surface area contributed by atoms with E-state index in [1.54, 1.807) is 4.90 Å². The van der Waals surface area contributed by atoms with Gasteiger partial charge in [0.2, 0.25) is 23.5 Å². The molecule has 1 aliphatic heterocycles. The predicted octanol–water partition coefficient (Wildman–Crippen LogP) is 4.67. The molecule has 0 spiro atoms. The van der Waals surface area contributed by atoms with E-state index in [1.165, 1.54) is 17.8 Å². The maximum Gasteiger partial charge on any atom is 0.230 e. The fourth-order valence-corrected chi connectivity index (χ4v) is 4.87. The van der Waals surface area contributed by atoms with E-state index in [0.29, 0.717) is 24.2 Å². The second kappa shape index (κ2) is 7.92. The number of nitrogens with zero attached hydrogens (tertiary/aromatic N) is 3. The molecule has 0 bridgehead atoms. The van der Waals surface area contributed by atoms with Crippen LogP contribution in [0.1, 0.15) is 47.9 Å². The number of rotatable bonds is 5. The van der Waals surface area contributed by atoms with E-state index < -0.39 is 0 Å². The Labute approximate surface area is 184 Å². The number of nitrogens with one attached hydrogen (secondary N) is 1. The Morgan fingerprint density at radius 1 is 1.23 bits per heavy atom. The van der Waals surface area contributed by atoms with Crippen LogP contribution in [-0.2, 0) is 9.59 Å². The van der Waals surface area contributed by atoms with Crippen LogP contribution in [-0.4, -0.2) is 28.5 Å². The van der Waals surface area contributed by atoms with Crippen LogP contribution in [0, 0.1) is 19.8 Å². The van der Waals surface area contributed by atoms with Crippen LogP contribution < -0.4 is 10.2 Å².